The largest absolute Gasteiger partial charge is 0.417 e. The lowest BCUT2D eigenvalue weighted by atomic mass is 10.3. The maximum atomic E-state index is 10.9. The number of alkyl halides is 1. The van der Waals surface area contributed by atoms with E-state index >= 15 is 0 Å². The van der Waals surface area contributed by atoms with Crippen molar-refractivity contribution in [2.75, 3.05) is 5.32 Å². The van der Waals surface area contributed by atoms with Crippen molar-refractivity contribution < 1.29 is 4.42 Å². The average molecular weight is 304 g/mol. The summed E-state index contributed by atoms with van der Waals surface area (Å²) in [6.45, 7) is 2.04. The molecule has 4 nitrogen and oxygen atoms in total. The first-order valence-corrected chi connectivity index (χ1v) is 5.43. The van der Waals surface area contributed by atoms with Crippen molar-refractivity contribution in [3.63, 3.8) is 0 Å². The van der Waals surface area contributed by atoms with Gasteiger partial charge >= 0.3 is 5.76 Å². The predicted molar refractivity (Wildman–Crippen MR) is 63.9 cm³/mol. The zero-order valence-electron chi connectivity index (χ0n) is 7.50. The zero-order chi connectivity index (χ0) is 10.1. The highest BCUT2D eigenvalue weighted by Gasteiger charge is 2.02. The molecular formula is C9H9IN2O2. The number of benzene rings is 1. The summed E-state index contributed by atoms with van der Waals surface area (Å²) in [6.07, 6.45) is 0. The molecule has 1 atom stereocenters. The second-order valence-electron chi connectivity index (χ2n) is 2.99. The fraction of sp³-hybridized carbons (Fsp3) is 0.222. The van der Waals surface area contributed by atoms with Gasteiger partial charge in [-0.15, -0.1) is 0 Å². The summed E-state index contributed by atoms with van der Waals surface area (Å²) in [6, 6.07) is 5.51. The van der Waals surface area contributed by atoms with Gasteiger partial charge in [-0.05, 0) is 25.1 Å². The van der Waals surface area contributed by atoms with Gasteiger partial charge in [0.25, 0.3) is 0 Å². The summed E-state index contributed by atoms with van der Waals surface area (Å²) >= 11 is 2.27. The van der Waals surface area contributed by atoms with Gasteiger partial charge in [0.15, 0.2) is 5.58 Å². The molecule has 0 bridgehead atoms. The Balaban J connectivity index is 2.45. The van der Waals surface area contributed by atoms with Crippen LogP contribution < -0.4 is 11.1 Å². The molecule has 14 heavy (non-hydrogen) atoms. The minimum atomic E-state index is -0.417. The van der Waals surface area contributed by atoms with Crippen LogP contribution in [0.1, 0.15) is 6.92 Å². The molecule has 0 aliphatic carbocycles. The highest BCUT2D eigenvalue weighted by atomic mass is 127. The Hall–Kier alpha value is -0.980. The first-order chi connectivity index (χ1) is 6.65. The minimum Gasteiger partial charge on any atom is -0.408 e. The molecular weight excluding hydrogens is 295 g/mol. The first-order valence-electron chi connectivity index (χ1n) is 4.18. The van der Waals surface area contributed by atoms with Crippen molar-refractivity contribution in [3.8, 4) is 0 Å². The van der Waals surface area contributed by atoms with E-state index in [2.05, 4.69) is 32.9 Å². The van der Waals surface area contributed by atoms with Gasteiger partial charge in [-0.2, -0.15) is 0 Å². The predicted octanol–water partition coefficient (Wildman–Crippen LogP) is 2.31. The molecule has 1 aromatic heterocycles. The summed E-state index contributed by atoms with van der Waals surface area (Å²) in [5.74, 6) is -0.417. The van der Waals surface area contributed by atoms with E-state index < -0.39 is 5.76 Å². The Kier molecular flexibility index (Phi) is 2.49. The number of H-pyrrole nitrogens is 1. The van der Waals surface area contributed by atoms with Crippen LogP contribution in [0.4, 0.5) is 5.69 Å². The third-order valence-corrected chi connectivity index (χ3v) is 2.10. The summed E-state index contributed by atoms with van der Waals surface area (Å²) < 4.78 is 5.22. The molecule has 2 aromatic rings. The van der Waals surface area contributed by atoms with Crippen LogP contribution in [0.5, 0.6) is 0 Å². The molecule has 0 spiro atoms. The van der Waals surface area contributed by atoms with E-state index in [1.54, 1.807) is 6.07 Å². The zero-order valence-corrected chi connectivity index (χ0v) is 9.66. The van der Waals surface area contributed by atoms with Crippen molar-refractivity contribution >= 4 is 39.4 Å². The number of aromatic amines is 1. The second-order valence-corrected chi connectivity index (χ2v) is 4.85. The van der Waals surface area contributed by atoms with Crippen LogP contribution >= 0.6 is 22.6 Å². The maximum absolute atomic E-state index is 10.9. The Morgan fingerprint density at radius 3 is 3.07 bits per heavy atom. The molecule has 0 radical (unpaired) electrons. The van der Waals surface area contributed by atoms with Crippen molar-refractivity contribution in [3.05, 3.63) is 28.7 Å². The van der Waals surface area contributed by atoms with E-state index in [0.29, 0.717) is 9.63 Å². The third-order valence-electron chi connectivity index (χ3n) is 1.78. The SMILES string of the molecule is CC(I)Nc1ccc2oc(=O)[nH]c2c1. The lowest BCUT2D eigenvalue weighted by molar-refractivity contribution is 0.555. The number of rotatable bonds is 2. The van der Waals surface area contributed by atoms with Crippen LogP contribution in [-0.2, 0) is 0 Å². The van der Waals surface area contributed by atoms with Crippen molar-refractivity contribution in [1.82, 2.24) is 4.98 Å². The Morgan fingerprint density at radius 1 is 1.57 bits per heavy atom. The molecule has 1 heterocycles. The average Bonchev–Trinajstić information content (AvgIpc) is 2.42. The molecule has 2 N–H and O–H groups in total. The molecule has 74 valence electrons. The van der Waals surface area contributed by atoms with Gasteiger partial charge in [0.1, 0.15) is 0 Å². The Labute approximate surface area is 93.8 Å². The number of hydrogen-bond donors (Lipinski definition) is 2. The van der Waals surface area contributed by atoms with Crippen LogP contribution in [-0.4, -0.2) is 9.03 Å². The van der Waals surface area contributed by atoms with Gasteiger partial charge in [0.05, 0.1) is 9.57 Å². The van der Waals surface area contributed by atoms with Crippen molar-refractivity contribution in [1.29, 1.82) is 0 Å². The van der Waals surface area contributed by atoms with Crippen molar-refractivity contribution in [2.24, 2.45) is 0 Å². The van der Waals surface area contributed by atoms with Gasteiger partial charge in [0.2, 0.25) is 0 Å². The Morgan fingerprint density at radius 2 is 2.36 bits per heavy atom. The summed E-state index contributed by atoms with van der Waals surface area (Å²) in [4.78, 5) is 13.5. The molecule has 0 saturated heterocycles. The molecule has 0 amide bonds. The van der Waals surface area contributed by atoms with E-state index in [1.165, 1.54) is 0 Å². The fourth-order valence-corrected chi connectivity index (χ4v) is 1.63. The van der Waals surface area contributed by atoms with E-state index in [-0.39, 0.29) is 0 Å². The Bertz CT molecular complexity index is 501. The smallest absolute Gasteiger partial charge is 0.408 e. The van der Waals surface area contributed by atoms with Gasteiger partial charge < -0.3 is 9.73 Å². The van der Waals surface area contributed by atoms with Crippen LogP contribution in [0.25, 0.3) is 11.1 Å². The molecule has 1 aromatic carbocycles. The van der Waals surface area contributed by atoms with E-state index in [4.69, 9.17) is 4.42 Å². The normalized spacial score (nSPS) is 13.0. The number of anilines is 1. The summed E-state index contributed by atoms with van der Waals surface area (Å²) in [7, 11) is 0. The summed E-state index contributed by atoms with van der Waals surface area (Å²) in [5.41, 5.74) is 2.27. The maximum Gasteiger partial charge on any atom is 0.417 e. The lowest BCUT2D eigenvalue weighted by Crippen LogP contribution is -2.05. The number of halogens is 1. The molecule has 0 fully saturated rings. The molecule has 0 aliphatic heterocycles. The molecule has 1 unspecified atom stereocenters. The van der Waals surface area contributed by atoms with Crippen molar-refractivity contribution in [2.45, 2.75) is 11.0 Å². The molecule has 5 heteroatoms. The highest BCUT2D eigenvalue weighted by molar-refractivity contribution is 14.1. The number of hydrogen-bond acceptors (Lipinski definition) is 3. The van der Waals surface area contributed by atoms with Gasteiger partial charge in [-0.3, -0.25) is 4.98 Å². The fourth-order valence-electron chi connectivity index (χ4n) is 1.27. The second kappa shape index (κ2) is 3.64. The highest BCUT2D eigenvalue weighted by Crippen LogP contribution is 2.17. The third kappa shape index (κ3) is 1.92. The lowest BCUT2D eigenvalue weighted by Gasteiger charge is -2.07. The monoisotopic (exact) mass is 304 g/mol. The first kappa shape index (κ1) is 9.57. The summed E-state index contributed by atoms with van der Waals surface area (Å²) in [5, 5.41) is 3.23. The van der Waals surface area contributed by atoms with E-state index in [9.17, 15) is 4.79 Å². The number of nitrogens with one attached hydrogen (secondary N) is 2. The van der Waals surface area contributed by atoms with E-state index in [1.807, 2.05) is 19.1 Å². The number of oxazole rings is 1. The minimum absolute atomic E-state index is 0.337. The van der Waals surface area contributed by atoms with Gasteiger partial charge in [-0.25, -0.2) is 4.79 Å². The van der Waals surface area contributed by atoms with Crippen LogP contribution in [0.15, 0.2) is 27.4 Å². The van der Waals surface area contributed by atoms with Gasteiger partial charge in [-0.1, -0.05) is 22.6 Å². The number of aromatic nitrogens is 1. The van der Waals surface area contributed by atoms with Gasteiger partial charge in [0, 0.05) is 5.69 Å². The molecule has 2 rings (SSSR count). The van der Waals surface area contributed by atoms with Crippen LogP contribution in [0, 0.1) is 0 Å². The van der Waals surface area contributed by atoms with Crippen LogP contribution in [0.2, 0.25) is 0 Å². The quantitative estimate of drug-likeness (QED) is 0.508. The molecule has 0 aliphatic rings. The van der Waals surface area contributed by atoms with E-state index in [0.717, 1.165) is 11.2 Å². The topological polar surface area (TPSA) is 58.0 Å². The number of fused-ring (bicyclic) bond motifs is 1. The standard InChI is InChI=1S/C9H9IN2O2/c1-5(10)11-6-2-3-8-7(4-6)12-9(13)14-8/h2-5,11H,1H3,(H,12,13). The molecule has 0 saturated carbocycles. The van der Waals surface area contributed by atoms with Crippen LogP contribution in [0.3, 0.4) is 0 Å².